The molecule has 0 aliphatic heterocycles. The first-order chi connectivity index (χ1) is 10.1. The van der Waals surface area contributed by atoms with E-state index in [2.05, 4.69) is 22.1 Å². The van der Waals surface area contributed by atoms with E-state index in [0.29, 0.717) is 16.3 Å². The van der Waals surface area contributed by atoms with E-state index in [4.69, 9.17) is 17.3 Å². The van der Waals surface area contributed by atoms with Crippen molar-refractivity contribution in [2.45, 2.75) is 0 Å². The number of carbonyl (C=O) groups excluding carboxylic acids is 1. The van der Waals surface area contributed by atoms with E-state index < -0.39 is 5.91 Å². The van der Waals surface area contributed by atoms with E-state index in [1.54, 1.807) is 18.2 Å². The molecule has 21 heavy (non-hydrogen) atoms. The SMILES string of the molecule is NCC#Cc1ccc(Cl)cc1NC(=O)c1ccncc1O. The molecule has 0 aliphatic carbocycles. The van der Waals surface area contributed by atoms with Crippen LogP contribution in [0.4, 0.5) is 5.69 Å². The second-order valence-corrected chi connectivity index (χ2v) is 4.48. The molecule has 6 heteroatoms. The zero-order valence-corrected chi connectivity index (χ0v) is 11.7. The zero-order valence-electron chi connectivity index (χ0n) is 10.9. The van der Waals surface area contributed by atoms with Gasteiger partial charge < -0.3 is 16.2 Å². The molecule has 1 aromatic carbocycles. The Kier molecular flexibility index (Phi) is 4.77. The summed E-state index contributed by atoms with van der Waals surface area (Å²) in [6.45, 7) is 0.209. The van der Waals surface area contributed by atoms with Crippen molar-refractivity contribution in [2.24, 2.45) is 5.73 Å². The average Bonchev–Trinajstić information content (AvgIpc) is 2.47. The molecule has 2 rings (SSSR count). The van der Waals surface area contributed by atoms with Crippen molar-refractivity contribution in [1.82, 2.24) is 4.98 Å². The molecule has 106 valence electrons. The van der Waals surface area contributed by atoms with Crippen LogP contribution in [-0.2, 0) is 0 Å². The highest BCUT2D eigenvalue weighted by molar-refractivity contribution is 6.31. The third-order valence-corrected chi connectivity index (χ3v) is 2.83. The number of anilines is 1. The molecule has 0 saturated heterocycles. The number of aromatic hydroxyl groups is 1. The van der Waals surface area contributed by atoms with E-state index >= 15 is 0 Å². The summed E-state index contributed by atoms with van der Waals surface area (Å²) >= 11 is 5.93. The van der Waals surface area contributed by atoms with E-state index in [9.17, 15) is 9.90 Å². The zero-order chi connectivity index (χ0) is 15.2. The number of halogens is 1. The summed E-state index contributed by atoms with van der Waals surface area (Å²) in [4.78, 5) is 15.9. The van der Waals surface area contributed by atoms with E-state index in [1.807, 2.05) is 0 Å². The minimum Gasteiger partial charge on any atom is -0.505 e. The summed E-state index contributed by atoms with van der Waals surface area (Å²) < 4.78 is 0. The Hall–Kier alpha value is -2.55. The fourth-order valence-corrected chi connectivity index (χ4v) is 1.82. The number of aromatic nitrogens is 1. The Morgan fingerprint density at radius 3 is 2.95 bits per heavy atom. The van der Waals surface area contributed by atoms with Crippen molar-refractivity contribution in [1.29, 1.82) is 0 Å². The highest BCUT2D eigenvalue weighted by atomic mass is 35.5. The van der Waals surface area contributed by atoms with Crippen molar-refractivity contribution in [3.8, 4) is 17.6 Å². The van der Waals surface area contributed by atoms with Crippen LogP contribution in [0.1, 0.15) is 15.9 Å². The fraction of sp³-hybridized carbons (Fsp3) is 0.0667. The second kappa shape index (κ2) is 6.75. The standard InChI is InChI=1S/C15H12ClN3O2/c16-11-4-3-10(2-1-6-17)13(8-11)19-15(21)12-5-7-18-9-14(12)20/h3-5,7-9,20H,6,17H2,(H,19,21). The van der Waals surface area contributed by atoms with Crippen LogP contribution in [0.2, 0.25) is 5.02 Å². The summed E-state index contributed by atoms with van der Waals surface area (Å²) in [5, 5.41) is 12.8. The lowest BCUT2D eigenvalue weighted by Gasteiger charge is -2.09. The van der Waals surface area contributed by atoms with Crippen LogP contribution in [0, 0.1) is 11.8 Å². The number of pyridine rings is 1. The summed E-state index contributed by atoms with van der Waals surface area (Å²) in [6, 6.07) is 6.35. The highest BCUT2D eigenvalue weighted by Gasteiger charge is 2.12. The van der Waals surface area contributed by atoms with Gasteiger partial charge in [-0.25, -0.2) is 0 Å². The Morgan fingerprint density at radius 1 is 1.43 bits per heavy atom. The largest absolute Gasteiger partial charge is 0.505 e. The lowest BCUT2D eigenvalue weighted by Crippen LogP contribution is -2.13. The monoisotopic (exact) mass is 301 g/mol. The number of benzene rings is 1. The molecule has 0 bridgehead atoms. The molecule has 0 radical (unpaired) electrons. The summed E-state index contributed by atoms with van der Waals surface area (Å²) in [7, 11) is 0. The molecule has 0 aliphatic rings. The van der Waals surface area contributed by atoms with Crippen molar-refractivity contribution in [2.75, 3.05) is 11.9 Å². The van der Waals surface area contributed by atoms with Gasteiger partial charge in [0.25, 0.3) is 5.91 Å². The molecule has 1 aromatic heterocycles. The first-order valence-corrected chi connectivity index (χ1v) is 6.42. The van der Waals surface area contributed by atoms with E-state index in [0.717, 1.165) is 0 Å². The minimum absolute atomic E-state index is 0.114. The third-order valence-electron chi connectivity index (χ3n) is 2.60. The number of amides is 1. The van der Waals surface area contributed by atoms with Gasteiger partial charge in [-0.15, -0.1) is 0 Å². The predicted octanol–water partition coefficient (Wildman–Crippen LogP) is 2.00. The van der Waals surface area contributed by atoms with Crippen LogP contribution in [0.15, 0.2) is 36.7 Å². The van der Waals surface area contributed by atoms with E-state index in [-0.39, 0.29) is 17.9 Å². The van der Waals surface area contributed by atoms with Crippen LogP contribution in [0.3, 0.4) is 0 Å². The van der Waals surface area contributed by atoms with Gasteiger partial charge in [0, 0.05) is 16.8 Å². The molecule has 0 saturated carbocycles. The molecular weight excluding hydrogens is 290 g/mol. The molecule has 5 nitrogen and oxygen atoms in total. The lowest BCUT2D eigenvalue weighted by molar-refractivity contribution is 0.102. The number of hydrogen-bond donors (Lipinski definition) is 3. The van der Waals surface area contributed by atoms with Gasteiger partial charge in [0.15, 0.2) is 0 Å². The van der Waals surface area contributed by atoms with Crippen molar-refractivity contribution < 1.29 is 9.90 Å². The normalized spacial score (nSPS) is 9.62. The quantitative estimate of drug-likeness (QED) is 0.740. The van der Waals surface area contributed by atoms with Crippen LogP contribution in [-0.4, -0.2) is 22.5 Å². The van der Waals surface area contributed by atoms with Gasteiger partial charge in [-0.3, -0.25) is 9.78 Å². The molecule has 4 N–H and O–H groups in total. The maximum Gasteiger partial charge on any atom is 0.259 e. The van der Waals surface area contributed by atoms with Gasteiger partial charge in [0.2, 0.25) is 0 Å². The first kappa shape index (κ1) is 14.9. The Morgan fingerprint density at radius 2 is 2.24 bits per heavy atom. The van der Waals surface area contributed by atoms with Gasteiger partial charge in [-0.2, -0.15) is 0 Å². The Bertz CT molecular complexity index is 735. The van der Waals surface area contributed by atoms with Gasteiger partial charge in [0.05, 0.1) is 24.0 Å². The van der Waals surface area contributed by atoms with Gasteiger partial charge >= 0.3 is 0 Å². The molecule has 1 amide bonds. The van der Waals surface area contributed by atoms with Gasteiger partial charge in [-0.1, -0.05) is 23.4 Å². The van der Waals surface area contributed by atoms with Crippen LogP contribution < -0.4 is 11.1 Å². The molecule has 0 fully saturated rings. The number of carbonyl (C=O) groups is 1. The number of nitrogens with one attached hydrogen (secondary N) is 1. The molecule has 0 spiro atoms. The number of hydrogen-bond acceptors (Lipinski definition) is 4. The van der Waals surface area contributed by atoms with Crippen LogP contribution in [0.25, 0.3) is 0 Å². The van der Waals surface area contributed by atoms with Crippen molar-refractivity contribution in [3.05, 3.63) is 52.8 Å². The number of rotatable bonds is 2. The second-order valence-electron chi connectivity index (χ2n) is 4.04. The smallest absolute Gasteiger partial charge is 0.259 e. The number of nitrogens with zero attached hydrogens (tertiary/aromatic N) is 1. The van der Waals surface area contributed by atoms with Crippen molar-refractivity contribution >= 4 is 23.2 Å². The maximum absolute atomic E-state index is 12.2. The van der Waals surface area contributed by atoms with Gasteiger partial charge in [-0.05, 0) is 24.3 Å². The van der Waals surface area contributed by atoms with Crippen molar-refractivity contribution in [3.63, 3.8) is 0 Å². The first-order valence-electron chi connectivity index (χ1n) is 6.04. The molecule has 0 unspecified atom stereocenters. The summed E-state index contributed by atoms with van der Waals surface area (Å²) in [5.74, 6) is 4.88. The predicted molar refractivity (Wildman–Crippen MR) is 81.2 cm³/mol. The maximum atomic E-state index is 12.2. The average molecular weight is 302 g/mol. The van der Waals surface area contributed by atoms with Crippen LogP contribution >= 0.6 is 11.6 Å². The molecule has 2 aromatic rings. The molecule has 1 heterocycles. The topological polar surface area (TPSA) is 88.2 Å². The van der Waals surface area contributed by atoms with Crippen LogP contribution in [0.5, 0.6) is 5.75 Å². The van der Waals surface area contributed by atoms with Gasteiger partial charge in [0.1, 0.15) is 5.75 Å². The fourth-order valence-electron chi connectivity index (χ4n) is 1.64. The highest BCUT2D eigenvalue weighted by Crippen LogP contribution is 2.22. The Labute approximate surface area is 126 Å². The minimum atomic E-state index is -0.479. The van der Waals surface area contributed by atoms with E-state index in [1.165, 1.54) is 18.5 Å². The Balaban J connectivity index is 2.33. The summed E-state index contributed by atoms with van der Waals surface area (Å²) in [6.07, 6.45) is 2.61. The lowest BCUT2D eigenvalue weighted by atomic mass is 10.1. The number of nitrogens with two attached hydrogens (primary N) is 1. The molecule has 0 atom stereocenters. The molecular formula is C15H12ClN3O2. The third kappa shape index (κ3) is 3.72. The summed E-state index contributed by atoms with van der Waals surface area (Å²) in [5.41, 5.74) is 6.49.